The molecule has 0 fully saturated rings. The summed E-state index contributed by atoms with van der Waals surface area (Å²) in [5, 5.41) is 12.4. The van der Waals surface area contributed by atoms with E-state index in [0.29, 0.717) is 16.5 Å². The molecule has 1 heterocycles. The van der Waals surface area contributed by atoms with E-state index in [9.17, 15) is 14.9 Å². The van der Waals surface area contributed by atoms with Gasteiger partial charge in [-0.3, -0.25) is 4.79 Å². The van der Waals surface area contributed by atoms with Crippen LogP contribution in [0.2, 0.25) is 0 Å². The summed E-state index contributed by atoms with van der Waals surface area (Å²) in [7, 11) is 3.79. The van der Waals surface area contributed by atoms with E-state index in [1.807, 2.05) is 25.1 Å². The summed E-state index contributed by atoms with van der Waals surface area (Å²) < 4.78 is 10.4. The molecule has 0 aliphatic carbocycles. The maximum Gasteiger partial charge on any atom is 0.338 e. The van der Waals surface area contributed by atoms with Gasteiger partial charge < -0.3 is 19.4 Å². The monoisotopic (exact) mass is 363 g/mol. The summed E-state index contributed by atoms with van der Waals surface area (Å²) in [5.74, 6) is -1.17. The number of nitrogens with zero attached hydrogens (tertiary/aromatic N) is 2. The first-order valence-corrected chi connectivity index (χ1v) is 8.15. The molecule has 0 saturated heterocycles. The van der Waals surface area contributed by atoms with Gasteiger partial charge in [0.05, 0.1) is 5.56 Å². The summed E-state index contributed by atoms with van der Waals surface area (Å²) in [4.78, 5) is 26.1. The van der Waals surface area contributed by atoms with Crippen LogP contribution in [0.25, 0.3) is 11.0 Å². The molecule has 1 amide bonds. The van der Waals surface area contributed by atoms with E-state index < -0.39 is 18.5 Å². The number of amides is 1. The van der Waals surface area contributed by atoms with Crippen LogP contribution in [0.5, 0.6) is 0 Å². The van der Waals surface area contributed by atoms with E-state index in [0.717, 1.165) is 5.69 Å². The van der Waals surface area contributed by atoms with Gasteiger partial charge in [-0.2, -0.15) is 5.26 Å². The van der Waals surface area contributed by atoms with Gasteiger partial charge in [0.25, 0.3) is 5.91 Å². The van der Waals surface area contributed by atoms with Gasteiger partial charge in [0.15, 0.2) is 6.61 Å². The Morgan fingerprint density at radius 2 is 1.85 bits per heavy atom. The van der Waals surface area contributed by atoms with Crippen molar-refractivity contribution < 1.29 is 18.7 Å². The number of nitrogens with one attached hydrogen (secondary N) is 1. The van der Waals surface area contributed by atoms with Gasteiger partial charge in [0.1, 0.15) is 17.3 Å². The van der Waals surface area contributed by atoms with Crippen molar-refractivity contribution in [1.82, 2.24) is 0 Å². The molecular formula is C20H17N3O4. The van der Waals surface area contributed by atoms with Crippen LogP contribution in [-0.4, -0.2) is 32.6 Å². The molecule has 0 unspecified atom stereocenters. The lowest BCUT2D eigenvalue weighted by Crippen LogP contribution is -2.21. The highest BCUT2D eigenvalue weighted by atomic mass is 16.5. The van der Waals surface area contributed by atoms with Gasteiger partial charge >= 0.3 is 5.97 Å². The zero-order valence-corrected chi connectivity index (χ0v) is 14.9. The smallest absolute Gasteiger partial charge is 0.338 e. The lowest BCUT2D eigenvalue weighted by atomic mass is 10.2. The molecule has 0 aliphatic rings. The molecule has 1 aromatic heterocycles. The molecule has 0 atom stereocenters. The van der Waals surface area contributed by atoms with E-state index in [-0.39, 0.29) is 11.4 Å². The van der Waals surface area contributed by atoms with E-state index in [1.54, 1.807) is 48.5 Å². The lowest BCUT2D eigenvalue weighted by molar-refractivity contribution is -0.119. The third-order valence-corrected chi connectivity index (χ3v) is 3.92. The zero-order chi connectivity index (χ0) is 19.4. The maximum atomic E-state index is 12.2. The van der Waals surface area contributed by atoms with Gasteiger partial charge in [0, 0.05) is 25.2 Å². The highest BCUT2D eigenvalue weighted by Crippen LogP contribution is 2.30. The predicted molar refractivity (Wildman–Crippen MR) is 101 cm³/mol. The van der Waals surface area contributed by atoms with Crippen molar-refractivity contribution in [1.29, 1.82) is 5.26 Å². The third kappa shape index (κ3) is 3.90. The number of rotatable bonds is 5. The Kier molecular flexibility index (Phi) is 5.08. The highest BCUT2D eigenvalue weighted by Gasteiger charge is 2.17. The lowest BCUT2D eigenvalue weighted by Gasteiger charge is -2.12. The molecule has 136 valence electrons. The zero-order valence-electron chi connectivity index (χ0n) is 14.9. The van der Waals surface area contributed by atoms with Crippen LogP contribution < -0.4 is 10.2 Å². The second-order valence-electron chi connectivity index (χ2n) is 5.98. The van der Waals surface area contributed by atoms with Crippen molar-refractivity contribution in [2.75, 3.05) is 30.9 Å². The summed E-state index contributed by atoms with van der Waals surface area (Å²) in [6.45, 7) is -0.474. The van der Waals surface area contributed by atoms with Crippen molar-refractivity contribution in [3.8, 4) is 6.07 Å². The number of benzene rings is 2. The first kappa shape index (κ1) is 18.0. The molecule has 1 N–H and O–H groups in total. The number of fused-ring (bicyclic) bond motifs is 1. The fourth-order valence-corrected chi connectivity index (χ4v) is 2.53. The molecule has 0 bridgehead atoms. The standard InChI is InChI=1S/C20H17N3O4/c1-23(2)14-9-7-13(8-10-14)20(25)26-12-18(24)22-19-15-5-3-4-6-16(15)27-17(19)11-21/h3-10H,12H2,1-2H3,(H,22,24). The number of anilines is 2. The largest absolute Gasteiger partial charge is 0.452 e. The molecule has 7 nitrogen and oxygen atoms in total. The number of esters is 1. The first-order valence-electron chi connectivity index (χ1n) is 8.15. The molecule has 0 spiro atoms. The Balaban J connectivity index is 1.65. The average molecular weight is 363 g/mol. The fraction of sp³-hybridized carbons (Fsp3) is 0.150. The molecular weight excluding hydrogens is 346 g/mol. The molecule has 2 aromatic carbocycles. The summed E-state index contributed by atoms with van der Waals surface area (Å²) in [5.41, 5.74) is 2.05. The second kappa shape index (κ2) is 7.62. The molecule has 0 saturated carbocycles. The summed E-state index contributed by atoms with van der Waals surface area (Å²) in [6, 6.07) is 15.7. The topological polar surface area (TPSA) is 95.6 Å². The summed E-state index contributed by atoms with van der Waals surface area (Å²) in [6.07, 6.45) is 0. The number of furan rings is 1. The summed E-state index contributed by atoms with van der Waals surface area (Å²) >= 11 is 0. The van der Waals surface area contributed by atoms with Crippen molar-refractivity contribution >= 4 is 34.2 Å². The molecule has 27 heavy (non-hydrogen) atoms. The molecule has 0 aliphatic heterocycles. The molecule has 7 heteroatoms. The Hall–Kier alpha value is -3.79. The number of nitriles is 1. The van der Waals surface area contributed by atoms with Gasteiger partial charge in [-0.15, -0.1) is 0 Å². The van der Waals surface area contributed by atoms with Crippen LogP contribution >= 0.6 is 0 Å². The van der Waals surface area contributed by atoms with Crippen LogP contribution in [0.1, 0.15) is 16.1 Å². The van der Waals surface area contributed by atoms with E-state index in [4.69, 9.17) is 9.15 Å². The van der Waals surface area contributed by atoms with Crippen molar-refractivity contribution in [3.05, 3.63) is 59.9 Å². The van der Waals surface area contributed by atoms with Gasteiger partial charge in [-0.05, 0) is 36.4 Å². The van der Waals surface area contributed by atoms with Crippen LogP contribution in [0.15, 0.2) is 52.9 Å². The average Bonchev–Trinajstić information content (AvgIpc) is 3.04. The quantitative estimate of drug-likeness (QED) is 0.700. The minimum Gasteiger partial charge on any atom is -0.452 e. The first-order chi connectivity index (χ1) is 13.0. The van der Waals surface area contributed by atoms with Crippen molar-refractivity contribution in [2.24, 2.45) is 0 Å². The number of hydrogen-bond acceptors (Lipinski definition) is 6. The van der Waals surface area contributed by atoms with Gasteiger partial charge in [-0.25, -0.2) is 4.79 Å². The molecule has 3 aromatic rings. The minimum atomic E-state index is -0.604. The fourth-order valence-electron chi connectivity index (χ4n) is 2.53. The molecule has 0 radical (unpaired) electrons. The number of ether oxygens (including phenoxy) is 1. The van der Waals surface area contributed by atoms with Crippen molar-refractivity contribution in [2.45, 2.75) is 0 Å². The second-order valence-corrected chi connectivity index (χ2v) is 5.98. The minimum absolute atomic E-state index is 0.00449. The Morgan fingerprint density at radius 3 is 2.52 bits per heavy atom. The van der Waals surface area contributed by atoms with Gasteiger partial charge in [0.2, 0.25) is 5.76 Å². The maximum absolute atomic E-state index is 12.2. The molecule has 3 rings (SSSR count). The Labute approximate surface area is 155 Å². The number of hydrogen-bond donors (Lipinski definition) is 1. The van der Waals surface area contributed by atoms with Crippen LogP contribution in [0, 0.1) is 11.3 Å². The van der Waals surface area contributed by atoms with E-state index in [1.165, 1.54) is 0 Å². The SMILES string of the molecule is CN(C)c1ccc(C(=O)OCC(=O)Nc2c(C#N)oc3ccccc23)cc1. The number of carbonyl (C=O) groups is 2. The van der Waals surface area contributed by atoms with Crippen molar-refractivity contribution in [3.63, 3.8) is 0 Å². The Bertz CT molecular complexity index is 1030. The number of carbonyl (C=O) groups excluding carboxylic acids is 2. The Morgan fingerprint density at radius 1 is 1.15 bits per heavy atom. The normalized spacial score (nSPS) is 10.3. The predicted octanol–water partition coefficient (Wildman–Crippen LogP) is 3.17. The van der Waals surface area contributed by atoms with Crippen LogP contribution in [0.4, 0.5) is 11.4 Å². The highest BCUT2D eigenvalue weighted by molar-refractivity contribution is 6.03. The van der Waals surface area contributed by atoms with Gasteiger partial charge in [-0.1, -0.05) is 12.1 Å². The van der Waals surface area contributed by atoms with E-state index in [2.05, 4.69) is 5.32 Å². The van der Waals surface area contributed by atoms with Crippen LogP contribution in [0.3, 0.4) is 0 Å². The van der Waals surface area contributed by atoms with Crippen LogP contribution in [-0.2, 0) is 9.53 Å². The van der Waals surface area contributed by atoms with E-state index >= 15 is 0 Å². The number of para-hydroxylation sites is 1. The third-order valence-electron chi connectivity index (χ3n) is 3.92.